The van der Waals surface area contributed by atoms with Gasteiger partial charge in [0.1, 0.15) is 6.17 Å². The maximum atomic E-state index is 12.7. The van der Waals surface area contributed by atoms with Gasteiger partial charge in [-0.2, -0.15) is 0 Å². The predicted octanol–water partition coefficient (Wildman–Crippen LogP) is 1.90. The van der Waals surface area contributed by atoms with E-state index in [9.17, 15) is 4.39 Å². The first-order valence-corrected chi connectivity index (χ1v) is 6.21. The lowest BCUT2D eigenvalue weighted by Crippen LogP contribution is -2.57. The van der Waals surface area contributed by atoms with Crippen LogP contribution < -0.4 is 0 Å². The van der Waals surface area contributed by atoms with Crippen LogP contribution in [0.4, 0.5) is 4.39 Å². The van der Waals surface area contributed by atoms with E-state index in [4.69, 9.17) is 0 Å². The highest BCUT2D eigenvalue weighted by atomic mass is 19.1. The zero-order valence-electron chi connectivity index (χ0n) is 10.1. The molecule has 2 nitrogen and oxygen atoms in total. The SMILES string of the molecule is CC(CC1CCN1C(C)C)N1CC(F)C1. The van der Waals surface area contributed by atoms with Gasteiger partial charge in [0.25, 0.3) is 0 Å². The molecular weight excluding hydrogens is 191 g/mol. The fourth-order valence-corrected chi connectivity index (χ4v) is 2.75. The Kier molecular flexibility index (Phi) is 3.31. The summed E-state index contributed by atoms with van der Waals surface area (Å²) in [6.45, 7) is 9.34. The van der Waals surface area contributed by atoms with Crippen molar-refractivity contribution in [3.05, 3.63) is 0 Å². The van der Waals surface area contributed by atoms with E-state index < -0.39 is 6.17 Å². The van der Waals surface area contributed by atoms with Gasteiger partial charge in [-0.3, -0.25) is 9.80 Å². The van der Waals surface area contributed by atoms with Crippen molar-refractivity contribution in [1.82, 2.24) is 9.80 Å². The number of hydrogen-bond donors (Lipinski definition) is 0. The molecular formula is C12H23FN2. The van der Waals surface area contributed by atoms with E-state index in [1.807, 2.05) is 0 Å². The zero-order chi connectivity index (χ0) is 11.0. The van der Waals surface area contributed by atoms with Gasteiger partial charge < -0.3 is 0 Å². The molecule has 0 radical (unpaired) electrons. The van der Waals surface area contributed by atoms with Gasteiger partial charge in [0, 0.05) is 37.8 Å². The van der Waals surface area contributed by atoms with Crippen LogP contribution in [0.2, 0.25) is 0 Å². The summed E-state index contributed by atoms with van der Waals surface area (Å²) in [4.78, 5) is 4.82. The summed E-state index contributed by atoms with van der Waals surface area (Å²) in [6, 6.07) is 1.98. The number of rotatable bonds is 4. The molecule has 2 heterocycles. The molecule has 2 unspecified atom stereocenters. The topological polar surface area (TPSA) is 6.48 Å². The first kappa shape index (κ1) is 11.3. The van der Waals surface area contributed by atoms with Gasteiger partial charge in [0.2, 0.25) is 0 Å². The third-order valence-electron chi connectivity index (χ3n) is 3.95. The average molecular weight is 214 g/mol. The van der Waals surface area contributed by atoms with Crippen molar-refractivity contribution in [1.29, 1.82) is 0 Å². The summed E-state index contributed by atoms with van der Waals surface area (Å²) >= 11 is 0. The molecule has 0 aliphatic carbocycles. The Balaban J connectivity index is 1.72. The molecule has 2 rings (SSSR count). The molecule has 2 atom stereocenters. The van der Waals surface area contributed by atoms with Crippen molar-refractivity contribution >= 4 is 0 Å². The van der Waals surface area contributed by atoms with Gasteiger partial charge in [-0.05, 0) is 33.6 Å². The van der Waals surface area contributed by atoms with Crippen LogP contribution in [0.3, 0.4) is 0 Å². The number of halogens is 1. The largest absolute Gasteiger partial charge is 0.298 e. The Morgan fingerprint density at radius 1 is 1.27 bits per heavy atom. The van der Waals surface area contributed by atoms with Gasteiger partial charge >= 0.3 is 0 Å². The third-order valence-corrected chi connectivity index (χ3v) is 3.95. The van der Waals surface area contributed by atoms with Gasteiger partial charge in [-0.15, -0.1) is 0 Å². The second-order valence-electron chi connectivity index (χ2n) is 5.41. The molecule has 0 amide bonds. The second-order valence-corrected chi connectivity index (χ2v) is 5.41. The lowest BCUT2D eigenvalue weighted by Gasteiger charge is -2.48. The van der Waals surface area contributed by atoms with Crippen LogP contribution in [0.25, 0.3) is 0 Å². The fraction of sp³-hybridized carbons (Fsp3) is 1.00. The Bertz CT molecular complexity index is 214. The van der Waals surface area contributed by atoms with Crippen molar-refractivity contribution in [3.63, 3.8) is 0 Å². The van der Waals surface area contributed by atoms with Crippen LogP contribution >= 0.6 is 0 Å². The minimum Gasteiger partial charge on any atom is -0.298 e. The van der Waals surface area contributed by atoms with Gasteiger partial charge in [-0.1, -0.05) is 0 Å². The zero-order valence-corrected chi connectivity index (χ0v) is 10.1. The lowest BCUT2D eigenvalue weighted by atomic mass is 9.92. The van der Waals surface area contributed by atoms with Crippen molar-refractivity contribution < 1.29 is 4.39 Å². The van der Waals surface area contributed by atoms with E-state index in [0.717, 1.165) is 6.04 Å². The Labute approximate surface area is 92.4 Å². The first-order valence-electron chi connectivity index (χ1n) is 6.21. The molecule has 0 spiro atoms. The van der Waals surface area contributed by atoms with Crippen LogP contribution in [-0.2, 0) is 0 Å². The van der Waals surface area contributed by atoms with Crippen LogP contribution in [-0.4, -0.2) is 53.7 Å². The van der Waals surface area contributed by atoms with E-state index in [1.54, 1.807) is 0 Å². The van der Waals surface area contributed by atoms with E-state index in [1.165, 1.54) is 19.4 Å². The molecule has 0 saturated carbocycles. The highest BCUT2D eigenvalue weighted by Gasteiger charge is 2.35. The molecule has 2 fully saturated rings. The quantitative estimate of drug-likeness (QED) is 0.705. The maximum Gasteiger partial charge on any atom is 0.125 e. The molecule has 88 valence electrons. The van der Waals surface area contributed by atoms with Crippen LogP contribution in [0.5, 0.6) is 0 Å². The molecule has 0 aromatic heterocycles. The number of hydrogen-bond acceptors (Lipinski definition) is 2. The monoisotopic (exact) mass is 214 g/mol. The summed E-state index contributed by atoms with van der Waals surface area (Å²) < 4.78 is 12.7. The highest BCUT2D eigenvalue weighted by molar-refractivity contribution is 4.91. The Morgan fingerprint density at radius 3 is 2.33 bits per heavy atom. The second kappa shape index (κ2) is 4.38. The van der Waals surface area contributed by atoms with Crippen LogP contribution in [0, 0.1) is 0 Å². The van der Waals surface area contributed by atoms with E-state index in [0.29, 0.717) is 25.2 Å². The van der Waals surface area contributed by atoms with E-state index >= 15 is 0 Å². The van der Waals surface area contributed by atoms with Gasteiger partial charge in [0.05, 0.1) is 0 Å². The standard InChI is InChI=1S/C12H23FN2/c1-9(2)15-5-4-12(15)6-10(3)14-7-11(13)8-14/h9-12H,4-8H2,1-3H3. The van der Waals surface area contributed by atoms with Crippen molar-refractivity contribution in [2.45, 2.75) is 57.9 Å². The van der Waals surface area contributed by atoms with Gasteiger partial charge in [0.15, 0.2) is 0 Å². The molecule has 0 aromatic carbocycles. The minimum atomic E-state index is -0.560. The average Bonchev–Trinajstić information content (AvgIpc) is 2.05. The lowest BCUT2D eigenvalue weighted by molar-refractivity contribution is -0.00772. The van der Waals surface area contributed by atoms with Crippen molar-refractivity contribution in [3.8, 4) is 0 Å². The molecule has 0 aromatic rings. The van der Waals surface area contributed by atoms with Crippen LogP contribution in [0.1, 0.15) is 33.6 Å². The molecule has 15 heavy (non-hydrogen) atoms. The van der Waals surface area contributed by atoms with Gasteiger partial charge in [-0.25, -0.2) is 4.39 Å². The molecule has 2 aliphatic rings. The van der Waals surface area contributed by atoms with E-state index in [2.05, 4.69) is 30.6 Å². The number of nitrogens with zero attached hydrogens (tertiary/aromatic N) is 2. The van der Waals surface area contributed by atoms with Crippen molar-refractivity contribution in [2.75, 3.05) is 19.6 Å². The van der Waals surface area contributed by atoms with E-state index in [-0.39, 0.29) is 0 Å². The third kappa shape index (κ3) is 2.34. The predicted molar refractivity (Wildman–Crippen MR) is 60.8 cm³/mol. The summed E-state index contributed by atoms with van der Waals surface area (Å²) in [6.07, 6.45) is 1.98. The smallest absolute Gasteiger partial charge is 0.125 e. The highest BCUT2D eigenvalue weighted by Crippen LogP contribution is 2.27. The number of alkyl halides is 1. The summed E-state index contributed by atoms with van der Waals surface area (Å²) in [5.74, 6) is 0. The Morgan fingerprint density at radius 2 is 1.93 bits per heavy atom. The molecule has 0 N–H and O–H groups in total. The van der Waals surface area contributed by atoms with Crippen molar-refractivity contribution in [2.24, 2.45) is 0 Å². The summed E-state index contributed by atoms with van der Waals surface area (Å²) in [7, 11) is 0. The summed E-state index contributed by atoms with van der Waals surface area (Å²) in [5.41, 5.74) is 0. The van der Waals surface area contributed by atoms with Crippen LogP contribution in [0.15, 0.2) is 0 Å². The Hall–Kier alpha value is -0.150. The molecule has 2 saturated heterocycles. The molecule has 2 aliphatic heterocycles. The molecule has 0 bridgehead atoms. The summed E-state index contributed by atoms with van der Waals surface area (Å²) in [5, 5.41) is 0. The fourth-order valence-electron chi connectivity index (χ4n) is 2.75. The maximum absolute atomic E-state index is 12.7. The number of likely N-dealkylation sites (tertiary alicyclic amines) is 2. The molecule has 3 heteroatoms. The first-order chi connectivity index (χ1) is 7.08. The normalized spacial score (nSPS) is 31.4. The minimum absolute atomic E-state index is 0.559.